The molecule has 0 aliphatic carbocycles. The second-order valence-corrected chi connectivity index (χ2v) is 9.98. The molecule has 1 aromatic heterocycles. The Balaban J connectivity index is 3.07. The van der Waals surface area contributed by atoms with Gasteiger partial charge in [0.15, 0.2) is 5.76 Å². The number of alkyl halides is 3. The number of halogens is 3. The summed E-state index contributed by atoms with van der Waals surface area (Å²) in [6.07, 6.45) is -7.01. The van der Waals surface area contributed by atoms with Crippen LogP contribution < -0.4 is 5.38 Å². The lowest BCUT2D eigenvalue weighted by Gasteiger charge is -2.18. The first-order chi connectivity index (χ1) is 8.01. The molecular weight excluding hydrogens is 265 g/mol. The number of ether oxygens (including phenoxy) is 1. The van der Waals surface area contributed by atoms with Gasteiger partial charge in [-0.25, -0.2) is 0 Å². The van der Waals surface area contributed by atoms with Gasteiger partial charge in [0, 0.05) is 6.92 Å². The van der Waals surface area contributed by atoms with Gasteiger partial charge < -0.3 is 9.15 Å². The van der Waals surface area contributed by atoms with Gasteiger partial charge in [0.1, 0.15) is 8.07 Å². The van der Waals surface area contributed by atoms with Gasteiger partial charge in [0.25, 0.3) is 6.10 Å². The maximum atomic E-state index is 12.7. The van der Waals surface area contributed by atoms with Gasteiger partial charge in [-0.05, 0) is 12.1 Å². The first-order valence-corrected chi connectivity index (χ1v) is 8.86. The number of rotatable bonds is 3. The molecule has 1 aromatic rings. The maximum Gasteiger partial charge on any atom is 0.432 e. The second-order valence-electron chi connectivity index (χ2n) is 4.98. The number of carbonyl (C=O) groups excluding carboxylic acids is 1. The third kappa shape index (κ3) is 3.62. The Kier molecular flexibility index (Phi) is 3.95. The molecule has 3 nitrogen and oxygen atoms in total. The van der Waals surface area contributed by atoms with Gasteiger partial charge in [-0.3, -0.25) is 4.79 Å². The molecule has 1 atom stereocenters. The molecule has 7 heteroatoms. The number of hydrogen-bond acceptors (Lipinski definition) is 3. The SMILES string of the molecule is CC(=O)OC(c1ccc([Si](C)(C)C)o1)C(F)(F)F. The zero-order valence-corrected chi connectivity index (χ0v) is 11.6. The standard InChI is InChI=1S/C11H15F3O3Si/c1-7(15)16-10(11(12,13)14)8-5-6-9(17-8)18(2,3)4/h5-6,10H,1-4H3. The van der Waals surface area contributed by atoms with Gasteiger partial charge in [0.05, 0.1) is 5.38 Å². The summed E-state index contributed by atoms with van der Waals surface area (Å²) in [5.74, 6) is -1.38. The molecule has 0 bridgehead atoms. The summed E-state index contributed by atoms with van der Waals surface area (Å²) in [6.45, 7) is 6.78. The van der Waals surface area contributed by atoms with Gasteiger partial charge >= 0.3 is 12.1 Å². The van der Waals surface area contributed by atoms with Crippen LogP contribution >= 0.6 is 0 Å². The molecule has 0 N–H and O–H groups in total. The molecule has 0 saturated heterocycles. The van der Waals surface area contributed by atoms with E-state index in [0.717, 1.165) is 6.92 Å². The van der Waals surface area contributed by atoms with Crippen LogP contribution in [0.3, 0.4) is 0 Å². The van der Waals surface area contributed by atoms with Crippen LogP contribution in [-0.2, 0) is 9.53 Å². The van der Waals surface area contributed by atoms with Crippen LogP contribution in [0.5, 0.6) is 0 Å². The van der Waals surface area contributed by atoms with Crippen LogP contribution in [0.15, 0.2) is 16.5 Å². The van der Waals surface area contributed by atoms with E-state index in [1.807, 2.05) is 19.6 Å². The highest BCUT2D eigenvalue weighted by molar-refractivity contribution is 6.87. The van der Waals surface area contributed by atoms with Crippen LogP contribution in [0.2, 0.25) is 19.6 Å². The quantitative estimate of drug-likeness (QED) is 0.631. The maximum absolute atomic E-state index is 12.7. The highest BCUT2D eigenvalue weighted by atomic mass is 28.3. The first-order valence-electron chi connectivity index (χ1n) is 5.36. The molecule has 1 heterocycles. The minimum absolute atomic E-state index is 0.380. The van der Waals surface area contributed by atoms with Gasteiger partial charge in [-0.15, -0.1) is 0 Å². The molecule has 1 unspecified atom stereocenters. The fraction of sp³-hybridized carbons (Fsp3) is 0.545. The Morgan fingerprint density at radius 3 is 2.22 bits per heavy atom. The zero-order chi connectivity index (χ0) is 14.1. The fourth-order valence-corrected chi connectivity index (χ4v) is 2.36. The van der Waals surface area contributed by atoms with E-state index in [9.17, 15) is 18.0 Å². The lowest BCUT2D eigenvalue weighted by molar-refractivity contribution is -0.226. The number of furan rings is 1. The minimum atomic E-state index is -4.68. The topological polar surface area (TPSA) is 39.4 Å². The highest BCUT2D eigenvalue weighted by Gasteiger charge is 2.46. The molecule has 0 aliphatic rings. The smallest absolute Gasteiger partial charge is 0.432 e. The van der Waals surface area contributed by atoms with Crippen LogP contribution in [0, 0.1) is 0 Å². The van der Waals surface area contributed by atoms with Crippen molar-refractivity contribution in [2.45, 2.75) is 38.8 Å². The molecule has 0 aromatic carbocycles. The van der Waals surface area contributed by atoms with Crippen molar-refractivity contribution in [3.63, 3.8) is 0 Å². The monoisotopic (exact) mass is 280 g/mol. The summed E-state index contributed by atoms with van der Waals surface area (Å²) >= 11 is 0. The van der Waals surface area contributed by atoms with Gasteiger partial charge in [-0.2, -0.15) is 13.2 Å². The van der Waals surface area contributed by atoms with Crippen molar-refractivity contribution in [3.8, 4) is 0 Å². The van der Waals surface area contributed by atoms with E-state index in [1.54, 1.807) is 0 Å². The number of hydrogen-bond donors (Lipinski definition) is 0. The van der Waals surface area contributed by atoms with Crippen LogP contribution in [0.25, 0.3) is 0 Å². The summed E-state index contributed by atoms with van der Waals surface area (Å²) in [7, 11) is -1.83. The van der Waals surface area contributed by atoms with Crippen molar-refractivity contribution >= 4 is 19.4 Å². The lowest BCUT2D eigenvalue weighted by atomic mass is 10.2. The van der Waals surface area contributed by atoms with E-state index in [2.05, 4.69) is 4.74 Å². The summed E-state index contributed by atoms with van der Waals surface area (Å²) < 4.78 is 47.7. The predicted molar refractivity (Wildman–Crippen MR) is 62.3 cm³/mol. The Labute approximate surface area is 104 Å². The van der Waals surface area contributed by atoms with Crippen molar-refractivity contribution < 1.29 is 27.1 Å². The van der Waals surface area contributed by atoms with Crippen LogP contribution in [0.1, 0.15) is 18.8 Å². The molecule has 0 radical (unpaired) electrons. The van der Waals surface area contributed by atoms with Crippen molar-refractivity contribution in [3.05, 3.63) is 17.9 Å². The summed E-state index contributed by atoms with van der Waals surface area (Å²) in [5.41, 5.74) is 0. The van der Waals surface area contributed by atoms with Gasteiger partial charge in [-0.1, -0.05) is 19.6 Å². The molecule has 0 aliphatic heterocycles. The van der Waals surface area contributed by atoms with Crippen LogP contribution in [-0.4, -0.2) is 20.2 Å². The molecule has 102 valence electrons. The first kappa shape index (κ1) is 14.8. The second kappa shape index (κ2) is 4.79. The largest absolute Gasteiger partial charge is 0.467 e. The Morgan fingerprint density at radius 1 is 1.33 bits per heavy atom. The molecule has 0 amide bonds. The summed E-state index contributed by atoms with van der Waals surface area (Å²) in [4.78, 5) is 10.7. The third-order valence-corrected chi connectivity index (χ3v) is 3.95. The molecule has 18 heavy (non-hydrogen) atoms. The average Bonchev–Trinajstić information content (AvgIpc) is 2.59. The molecule has 0 saturated carbocycles. The molecular formula is C11H15F3O3Si. The van der Waals surface area contributed by atoms with E-state index in [-0.39, 0.29) is 5.76 Å². The molecule has 0 spiro atoms. The summed E-state index contributed by atoms with van der Waals surface area (Å²) in [6, 6.07) is 2.73. The van der Waals surface area contributed by atoms with E-state index < -0.39 is 26.3 Å². The van der Waals surface area contributed by atoms with Crippen molar-refractivity contribution in [2.75, 3.05) is 0 Å². The number of carbonyl (C=O) groups is 1. The van der Waals surface area contributed by atoms with Gasteiger partial charge in [0.2, 0.25) is 0 Å². The highest BCUT2D eigenvalue weighted by Crippen LogP contribution is 2.36. The Hall–Kier alpha value is -1.24. The third-order valence-electron chi connectivity index (χ3n) is 2.21. The zero-order valence-electron chi connectivity index (χ0n) is 10.6. The Morgan fingerprint density at radius 2 is 1.89 bits per heavy atom. The van der Waals surface area contributed by atoms with Crippen molar-refractivity contribution in [1.82, 2.24) is 0 Å². The predicted octanol–water partition coefficient (Wildman–Crippen LogP) is 2.99. The van der Waals surface area contributed by atoms with E-state index in [4.69, 9.17) is 4.42 Å². The van der Waals surface area contributed by atoms with Crippen molar-refractivity contribution in [1.29, 1.82) is 0 Å². The summed E-state index contributed by atoms with van der Waals surface area (Å²) in [5, 5.41) is 0.541. The molecule has 1 rings (SSSR count). The lowest BCUT2D eigenvalue weighted by Crippen LogP contribution is -2.36. The minimum Gasteiger partial charge on any atom is -0.467 e. The fourth-order valence-electron chi connectivity index (χ4n) is 1.35. The normalized spacial score (nSPS) is 14.4. The molecule has 0 fully saturated rings. The number of esters is 1. The Bertz CT molecular complexity index is 431. The average molecular weight is 280 g/mol. The van der Waals surface area contributed by atoms with Crippen LogP contribution in [0.4, 0.5) is 13.2 Å². The van der Waals surface area contributed by atoms with E-state index in [1.165, 1.54) is 12.1 Å². The van der Waals surface area contributed by atoms with E-state index >= 15 is 0 Å². The van der Waals surface area contributed by atoms with E-state index in [0.29, 0.717) is 5.38 Å². The van der Waals surface area contributed by atoms with Crippen molar-refractivity contribution in [2.24, 2.45) is 0 Å².